The standard InChI is InChI=1S/C9H15N3O/c1-9(2,6-10)8(13)7-4-5-12(3)11-7/h4-5H,6,10H2,1-3H3. The van der Waals surface area contributed by atoms with E-state index in [0.717, 1.165) is 0 Å². The number of nitrogens with two attached hydrogens (primary N) is 1. The van der Waals surface area contributed by atoms with E-state index in [9.17, 15) is 4.79 Å². The minimum Gasteiger partial charge on any atom is -0.329 e. The number of aromatic nitrogens is 2. The Bertz CT molecular complexity index is 314. The summed E-state index contributed by atoms with van der Waals surface area (Å²) in [5, 5.41) is 4.04. The molecule has 0 atom stereocenters. The third-order valence-corrected chi connectivity index (χ3v) is 2.07. The monoisotopic (exact) mass is 181 g/mol. The smallest absolute Gasteiger partial charge is 0.189 e. The molecule has 0 aromatic carbocycles. The number of nitrogens with zero attached hydrogens (tertiary/aromatic N) is 2. The molecule has 0 saturated carbocycles. The van der Waals surface area contributed by atoms with Crippen LogP contribution in [0, 0.1) is 5.41 Å². The van der Waals surface area contributed by atoms with Gasteiger partial charge in [0.2, 0.25) is 0 Å². The molecular formula is C9H15N3O. The Morgan fingerprint density at radius 1 is 1.69 bits per heavy atom. The fourth-order valence-corrected chi connectivity index (χ4v) is 0.976. The highest BCUT2D eigenvalue weighted by atomic mass is 16.1. The second-order valence-electron chi connectivity index (χ2n) is 3.79. The zero-order valence-corrected chi connectivity index (χ0v) is 8.24. The summed E-state index contributed by atoms with van der Waals surface area (Å²) >= 11 is 0. The van der Waals surface area contributed by atoms with Crippen LogP contribution >= 0.6 is 0 Å². The number of hydrogen-bond acceptors (Lipinski definition) is 3. The van der Waals surface area contributed by atoms with Crippen LogP contribution in [0.1, 0.15) is 24.3 Å². The normalized spacial score (nSPS) is 11.7. The van der Waals surface area contributed by atoms with Crippen LogP contribution in [0.25, 0.3) is 0 Å². The lowest BCUT2D eigenvalue weighted by atomic mass is 9.87. The Morgan fingerprint density at radius 3 is 2.69 bits per heavy atom. The Hall–Kier alpha value is -1.16. The molecule has 0 amide bonds. The van der Waals surface area contributed by atoms with E-state index in [-0.39, 0.29) is 5.78 Å². The van der Waals surface area contributed by atoms with E-state index in [2.05, 4.69) is 5.10 Å². The largest absolute Gasteiger partial charge is 0.329 e. The van der Waals surface area contributed by atoms with Gasteiger partial charge in [-0.25, -0.2) is 0 Å². The second kappa shape index (κ2) is 3.30. The van der Waals surface area contributed by atoms with Crippen LogP contribution < -0.4 is 5.73 Å². The summed E-state index contributed by atoms with van der Waals surface area (Å²) in [7, 11) is 1.78. The predicted octanol–water partition coefficient (Wildman–Crippen LogP) is 0.588. The molecule has 2 N–H and O–H groups in total. The molecule has 0 bridgehead atoms. The quantitative estimate of drug-likeness (QED) is 0.694. The lowest BCUT2D eigenvalue weighted by molar-refractivity contribution is 0.0841. The van der Waals surface area contributed by atoms with Crippen LogP contribution in [-0.2, 0) is 7.05 Å². The summed E-state index contributed by atoms with van der Waals surface area (Å²) in [5.41, 5.74) is 5.46. The van der Waals surface area contributed by atoms with Crippen molar-refractivity contribution in [3.8, 4) is 0 Å². The first-order valence-electron chi connectivity index (χ1n) is 4.22. The first-order chi connectivity index (χ1) is 5.97. The van der Waals surface area contributed by atoms with Gasteiger partial charge in [-0.05, 0) is 6.07 Å². The van der Waals surface area contributed by atoms with Crippen LogP contribution in [0.5, 0.6) is 0 Å². The van der Waals surface area contributed by atoms with Gasteiger partial charge in [0, 0.05) is 25.2 Å². The van der Waals surface area contributed by atoms with Crippen molar-refractivity contribution in [3.05, 3.63) is 18.0 Å². The fraction of sp³-hybridized carbons (Fsp3) is 0.556. The van der Waals surface area contributed by atoms with E-state index in [1.807, 2.05) is 13.8 Å². The van der Waals surface area contributed by atoms with Gasteiger partial charge in [0.15, 0.2) is 5.78 Å². The molecule has 0 radical (unpaired) electrons. The molecule has 1 heterocycles. The van der Waals surface area contributed by atoms with Crippen LogP contribution in [0.3, 0.4) is 0 Å². The highest BCUT2D eigenvalue weighted by Gasteiger charge is 2.28. The highest BCUT2D eigenvalue weighted by Crippen LogP contribution is 2.18. The molecule has 1 aromatic heterocycles. The van der Waals surface area contributed by atoms with Crippen LogP contribution in [-0.4, -0.2) is 22.1 Å². The van der Waals surface area contributed by atoms with Gasteiger partial charge in [-0.15, -0.1) is 0 Å². The number of Topliss-reactive ketones (excluding diaryl/α,β-unsaturated/α-hetero) is 1. The number of aryl methyl sites for hydroxylation is 1. The molecule has 0 fully saturated rings. The van der Waals surface area contributed by atoms with Crippen molar-refractivity contribution in [2.45, 2.75) is 13.8 Å². The lowest BCUT2D eigenvalue weighted by Gasteiger charge is -2.18. The van der Waals surface area contributed by atoms with E-state index < -0.39 is 5.41 Å². The summed E-state index contributed by atoms with van der Waals surface area (Å²) < 4.78 is 1.61. The lowest BCUT2D eigenvalue weighted by Crippen LogP contribution is -2.33. The third kappa shape index (κ3) is 1.95. The van der Waals surface area contributed by atoms with E-state index in [1.54, 1.807) is 24.0 Å². The number of rotatable bonds is 3. The number of carbonyl (C=O) groups is 1. The van der Waals surface area contributed by atoms with Gasteiger partial charge in [-0.3, -0.25) is 9.48 Å². The zero-order chi connectivity index (χ0) is 10.1. The third-order valence-electron chi connectivity index (χ3n) is 2.07. The van der Waals surface area contributed by atoms with Crippen molar-refractivity contribution in [3.63, 3.8) is 0 Å². The van der Waals surface area contributed by atoms with Gasteiger partial charge in [-0.1, -0.05) is 13.8 Å². The molecule has 1 rings (SSSR count). The van der Waals surface area contributed by atoms with Crippen molar-refractivity contribution < 1.29 is 4.79 Å². The minimum absolute atomic E-state index is 0.00407. The molecule has 0 aliphatic heterocycles. The Balaban J connectivity index is 2.91. The molecule has 0 aliphatic rings. The van der Waals surface area contributed by atoms with Gasteiger partial charge in [0.05, 0.1) is 0 Å². The van der Waals surface area contributed by atoms with Gasteiger partial charge < -0.3 is 5.73 Å². The first kappa shape index (κ1) is 9.92. The zero-order valence-electron chi connectivity index (χ0n) is 8.24. The van der Waals surface area contributed by atoms with Crippen molar-refractivity contribution in [1.82, 2.24) is 9.78 Å². The van der Waals surface area contributed by atoms with Crippen molar-refractivity contribution in [2.75, 3.05) is 6.54 Å². The maximum Gasteiger partial charge on any atom is 0.189 e. The molecule has 0 saturated heterocycles. The Kier molecular flexibility index (Phi) is 2.52. The molecule has 13 heavy (non-hydrogen) atoms. The summed E-state index contributed by atoms with van der Waals surface area (Å²) in [5.74, 6) is -0.00407. The summed E-state index contributed by atoms with van der Waals surface area (Å²) in [6.07, 6.45) is 1.75. The molecule has 4 nitrogen and oxygen atoms in total. The molecule has 0 spiro atoms. The van der Waals surface area contributed by atoms with E-state index in [0.29, 0.717) is 12.2 Å². The molecule has 1 aromatic rings. The van der Waals surface area contributed by atoms with E-state index in [1.165, 1.54) is 0 Å². The van der Waals surface area contributed by atoms with E-state index in [4.69, 9.17) is 5.73 Å². The maximum atomic E-state index is 11.8. The predicted molar refractivity (Wildman–Crippen MR) is 50.4 cm³/mol. The summed E-state index contributed by atoms with van der Waals surface area (Å²) in [6.45, 7) is 3.98. The first-order valence-corrected chi connectivity index (χ1v) is 4.22. The molecule has 0 unspecified atom stereocenters. The van der Waals surface area contributed by atoms with E-state index >= 15 is 0 Å². The Labute approximate surface area is 77.7 Å². The summed E-state index contributed by atoms with van der Waals surface area (Å²) in [4.78, 5) is 11.8. The van der Waals surface area contributed by atoms with Gasteiger partial charge in [0.1, 0.15) is 5.69 Å². The Morgan fingerprint density at radius 2 is 2.31 bits per heavy atom. The number of hydrogen-bond donors (Lipinski definition) is 1. The molecule has 72 valence electrons. The van der Waals surface area contributed by atoms with Gasteiger partial charge >= 0.3 is 0 Å². The second-order valence-corrected chi connectivity index (χ2v) is 3.79. The van der Waals surface area contributed by atoms with Crippen molar-refractivity contribution >= 4 is 5.78 Å². The minimum atomic E-state index is -0.519. The maximum absolute atomic E-state index is 11.8. The van der Waals surface area contributed by atoms with Crippen molar-refractivity contribution in [2.24, 2.45) is 18.2 Å². The van der Waals surface area contributed by atoms with Crippen LogP contribution in [0.2, 0.25) is 0 Å². The number of carbonyl (C=O) groups excluding carboxylic acids is 1. The molecule has 0 aliphatic carbocycles. The summed E-state index contributed by atoms with van der Waals surface area (Å²) in [6, 6.07) is 1.71. The molecule has 4 heteroatoms. The average molecular weight is 181 g/mol. The van der Waals surface area contributed by atoms with Gasteiger partial charge in [-0.2, -0.15) is 5.10 Å². The average Bonchev–Trinajstić information content (AvgIpc) is 2.50. The molecular weight excluding hydrogens is 166 g/mol. The van der Waals surface area contributed by atoms with Gasteiger partial charge in [0.25, 0.3) is 0 Å². The number of ketones is 1. The fourth-order valence-electron chi connectivity index (χ4n) is 0.976. The van der Waals surface area contributed by atoms with Crippen LogP contribution in [0.4, 0.5) is 0 Å². The highest BCUT2D eigenvalue weighted by molar-refractivity contribution is 5.98. The SMILES string of the molecule is Cn1ccc(C(=O)C(C)(C)CN)n1. The van der Waals surface area contributed by atoms with Crippen molar-refractivity contribution in [1.29, 1.82) is 0 Å². The topological polar surface area (TPSA) is 60.9 Å². The van der Waals surface area contributed by atoms with Crippen LogP contribution in [0.15, 0.2) is 12.3 Å².